The standard InChI is InChI=1S/C11H19N3O2S/c1-3-9(15-2)11-13-10(16-14-11)6-8-7-17-5-4-12-8/h8-9,12H,3-7H2,1-2H3. The summed E-state index contributed by atoms with van der Waals surface area (Å²) >= 11 is 1.97. The maximum Gasteiger partial charge on any atom is 0.228 e. The first-order valence-corrected chi connectivity index (χ1v) is 7.15. The Labute approximate surface area is 106 Å². The molecular formula is C11H19N3O2S. The van der Waals surface area contributed by atoms with E-state index in [0.29, 0.717) is 17.8 Å². The normalized spacial score (nSPS) is 22.6. The first-order chi connectivity index (χ1) is 8.33. The molecule has 96 valence electrons. The van der Waals surface area contributed by atoms with Crippen LogP contribution in [0, 0.1) is 0 Å². The molecule has 0 aliphatic carbocycles. The van der Waals surface area contributed by atoms with Crippen molar-refractivity contribution >= 4 is 11.8 Å². The van der Waals surface area contributed by atoms with E-state index in [9.17, 15) is 0 Å². The van der Waals surface area contributed by atoms with E-state index in [2.05, 4.69) is 15.5 Å². The molecule has 2 rings (SSSR count). The van der Waals surface area contributed by atoms with Crippen molar-refractivity contribution in [2.45, 2.75) is 31.9 Å². The van der Waals surface area contributed by atoms with Gasteiger partial charge in [0.1, 0.15) is 6.10 Å². The van der Waals surface area contributed by atoms with Crippen LogP contribution in [0.25, 0.3) is 0 Å². The van der Waals surface area contributed by atoms with Crippen molar-refractivity contribution in [3.63, 3.8) is 0 Å². The first kappa shape index (κ1) is 12.9. The quantitative estimate of drug-likeness (QED) is 0.860. The van der Waals surface area contributed by atoms with E-state index in [1.165, 1.54) is 5.75 Å². The van der Waals surface area contributed by atoms with Gasteiger partial charge in [0.15, 0.2) is 0 Å². The molecule has 2 unspecified atom stereocenters. The summed E-state index contributed by atoms with van der Waals surface area (Å²) in [7, 11) is 1.67. The average molecular weight is 257 g/mol. The summed E-state index contributed by atoms with van der Waals surface area (Å²) in [4.78, 5) is 4.39. The highest BCUT2D eigenvalue weighted by Gasteiger charge is 2.20. The van der Waals surface area contributed by atoms with Crippen molar-refractivity contribution < 1.29 is 9.26 Å². The van der Waals surface area contributed by atoms with Crippen molar-refractivity contribution in [2.24, 2.45) is 0 Å². The second-order valence-corrected chi connectivity index (χ2v) is 5.26. The predicted molar refractivity (Wildman–Crippen MR) is 67.2 cm³/mol. The molecule has 0 spiro atoms. The highest BCUT2D eigenvalue weighted by Crippen LogP contribution is 2.18. The van der Waals surface area contributed by atoms with Crippen LogP contribution in [0.2, 0.25) is 0 Å². The van der Waals surface area contributed by atoms with Gasteiger partial charge >= 0.3 is 0 Å². The number of aromatic nitrogens is 2. The minimum atomic E-state index is -0.0545. The zero-order valence-electron chi connectivity index (χ0n) is 10.3. The van der Waals surface area contributed by atoms with Crippen LogP contribution in [-0.2, 0) is 11.2 Å². The van der Waals surface area contributed by atoms with Crippen LogP contribution in [0.5, 0.6) is 0 Å². The number of thioether (sulfide) groups is 1. The molecule has 1 aromatic rings. The third kappa shape index (κ3) is 3.43. The maximum absolute atomic E-state index is 5.28. The number of hydrogen-bond acceptors (Lipinski definition) is 6. The Kier molecular flexibility index (Phi) is 4.82. The Morgan fingerprint density at radius 3 is 3.18 bits per heavy atom. The van der Waals surface area contributed by atoms with Gasteiger partial charge in [0.05, 0.1) is 0 Å². The van der Waals surface area contributed by atoms with Gasteiger partial charge in [-0.05, 0) is 6.42 Å². The molecule has 0 radical (unpaired) electrons. The van der Waals surface area contributed by atoms with Crippen LogP contribution >= 0.6 is 11.8 Å². The molecule has 17 heavy (non-hydrogen) atoms. The summed E-state index contributed by atoms with van der Waals surface area (Å²) in [6.45, 7) is 3.11. The Morgan fingerprint density at radius 1 is 1.65 bits per heavy atom. The molecular weight excluding hydrogens is 238 g/mol. The lowest BCUT2D eigenvalue weighted by molar-refractivity contribution is 0.0903. The Morgan fingerprint density at radius 2 is 2.53 bits per heavy atom. The van der Waals surface area contributed by atoms with Crippen molar-refractivity contribution in [2.75, 3.05) is 25.2 Å². The predicted octanol–water partition coefficient (Wildman–Crippen LogP) is 1.41. The van der Waals surface area contributed by atoms with E-state index in [0.717, 1.165) is 25.1 Å². The van der Waals surface area contributed by atoms with Gasteiger partial charge in [-0.2, -0.15) is 16.7 Å². The lowest BCUT2D eigenvalue weighted by Gasteiger charge is -2.21. The molecule has 1 saturated heterocycles. The van der Waals surface area contributed by atoms with E-state index in [-0.39, 0.29) is 6.10 Å². The van der Waals surface area contributed by atoms with E-state index in [4.69, 9.17) is 9.26 Å². The van der Waals surface area contributed by atoms with Gasteiger partial charge in [-0.1, -0.05) is 12.1 Å². The van der Waals surface area contributed by atoms with Crippen LogP contribution in [-0.4, -0.2) is 41.3 Å². The topological polar surface area (TPSA) is 60.2 Å². The van der Waals surface area contributed by atoms with E-state index in [1.807, 2.05) is 18.7 Å². The van der Waals surface area contributed by atoms with Gasteiger partial charge < -0.3 is 14.6 Å². The van der Waals surface area contributed by atoms with Crippen molar-refractivity contribution in [1.29, 1.82) is 0 Å². The molecule has 1 aromatic heterocycles. The first-order valence-electron chi connectivity index (χ1n) is 6.00. The number of hydrogen-bond donors (Lipinski definition) is 1. The second-order valence-electron chi connectivity index (χ2n) is 4.11. The molecule has 2 heterocycles. The van der Waals surface area contributed by atoms with Gasteiger partial charge in [-0.3, -0.25) is 0 Å². The number of methoxy groups -OCH3 is 1. The molecule has 1 aliphatic heterocycles. The fourth-order valence-corrected chi connectivity index (χ4v) is 2.85. The summed E-state index contributed by atoms with van der Waals surface area (Å²) in [6, 6.07) is 0.449. The van der Waals surface area contributed by atoms with Crippen LogP contribution in [0.4, 0.5) is 0 Å². The lowest BCUT2D eigenvalue weighted by atomic mass is 10.2. The number of rotatable bonds is 5. The van der Waals surface area contributed by atoms with Crippen molar-refractivity contribution in [1.82, 2.24) is 15.5 Å². The SMILES string of the molecule is CCC(OC)c1noc(CC2CSCCN2)n1. The third-order valence-electron chi connectivity index (χ3n) is 2.85. The zero-order valence-corrected chi connectivity index (χ0v) is 11.1. The zero-order chi connectivity index (χ0) is 12.1. The Hall–Kier alpha value is -0.590. The van der Waals surface area contributed by atoms with Gasteiger partial charge in [0.25, 0.3) is 0 Å². The Bertz CT molecular complexity index is 335. The van der Waals surface area contributed by atoms with E-state index >= 15 is 0 Å². The van der Waals surface area contributed by atoms with Crippen LogP contribution in [0.15, 0.2) is 4.52 Å². The minimum absolute atomic E-state index is 0.0545. The van der Waals surface area contributed by atoms with Crippen molar-refractivity contribution in [3.8, 4) is 0 Å². The lowest BCUT2D eigenvalue weighted by Crippen LogP contribution is -2.38. The summed E-state index contributed by atoms with van der Waals surface area (Å²) in [5.41, 5.74) is 0. The fraction of sp³-hybridized carbons (Fsp3) is 0.818. The molecule has 1 fully saturated rings. The molecule has 0 amide bonds. The summed E-state index contributed by atoms with van der Waals surface area (Å²) in [5.74, 6) is 3.66. The van der Waals surface area contributed by atoms with E-state index in [1.54, 1.807) is 7.11 Å². The van der Waals surface area contributed by atoms with Gasteiger partial charge in [-0.25, -0.2) is 0 Å². The Balaban J connectivity index is 1.93. The van der Waals surface area contributed by atoms with Crippen molar-refractivity contribution in [3.05, 3.63) is 11.7 Å². The summed E-state index contributed by atoms with van der Waals surface area (Å²) < 4.78 is 10.5. The highest BCUT2D eigenvalue weighted by molar-refractivity contribution is 7.99. The summed E-state index contributed by atoms with van der Waals surface area (Å²) in [6.07, 6.45) is 1.61. The molecule has 1 N–H and O–H groups in total. The van der Waals surface area contributed by atoms with Crippen LogP contribution in [0.3, 0.4) is 0 Å². The molecule has 2 atom stereocenters. The molecule has 0 aromatic carbocycles. The minimum Gasteiger partial charge on any atom is -0.373 e. The summed E-state index contributed by atoms with van der Waals surface area (Å²) in [5, 5.41) is 7.43. The third-order valence-corrected chi connectivity index (χ3v) is 3.98. The smallest absolute Gasteiger partial charge is 0.228 e. The van der Waals surface area contributed by atoms with Crippen LogP contribution < -0.4 is 5.32 Å². The highest BCUT2D eigenvalue weighted by atomic mass is 32.2. The number of nitrogens with one attached hydrogen (secondary N) is 1. The van der Waals surface area contributed by atoms with Gasteiger partial charge in [0.2, 0.25) is 11.7 Å². The molecule has 6 heteroatoms. The molecule has 0 bridgehead atoms. The molecule has 1 aliphatic rings. The number of nitrogens with zero attached hydrogens (tertiary/aromatic N) is 2. The number of ether oxygens (including phenoxy) is 1. The van der Waals surface area contributed by atoms with Crippen LogP contribution in [0.1, 0.15) is 31.2 Å². The van der Waals surface area contributed by atoms with E-state index < -0.39 is 0 Å². The largest absolute Gasteiger partial charge is 0.373 e. The van der Waals surface area contributed by atoms with Gasteiger partial charge in [-0.15, -0.1) is 0 Å². The van der Waals surface area contributed by atoms with Gasteiger partial charge in [0, 0.05) is 37.6 Å². The monoisotopic (exact) mass is 257 g/mol. The fourth-order valence-electron chi connectivity index (χ4n) is 1.90. The average Bonchev–Trinajstić information content (AvgIpc) is 2.81. The maximum atomic E-state index is 5.28. The molecule has 0 saturated carbocycles. The second kappa shape index (κ2) is 6.37. The molecule has 5 nitrogen and oxygen atoms in total.